The van der Waals surface area contributed by atoms with Crippen LogP contribution in [0.1, 0.15) is 374 Å². The number of carbonyl (C=O) groups is 3. The number of amides is 2. The number of nitrogens with one attached hydrogen (secondary N) is 2. The largest absolute Gasteiger partial charge is 0.477 e. The van der Waals surface area contributed by atoms with E-state index in [0.29, 0.717) is 19.3 Å². The molecule has 0 aromatic carbocycles. The molecule has 0 spiro atoms. The van der Waals surface area contributed by atoms with E-state index < -0.39 is 148 Å². The fourth-order valence-corrected chi connectivity index (χ4v) is 15.5. The quantitative estimate of drug-likeness (QED) is 0.0199. The zero-order valence-corrected chi connectivity index (χ0v) is 67.7. The molecule has 3 aliphatic heterocycles. The van der Waals surface area contributed by atoms with Crippen molar-refractivity contribution in [1.82, 2.24) is 10.6 Å². The summed E-state index contributed by atoms with van der Waals surface area (Å²) in [6.07, 6.45) is 42.1. The molecule has 0 aliphatic carbocycles. The Morgan fingerprint density at radius 3 is 1.25 bits per heavy atom. The standard InChI is InChI=1S/C85H160N2O21/c1-4-6-8-10-12-14-16-18-20-22-24-26-28-29-30-31-32-33-34-35-36-37-39-41-43-45-47-49-51-53-55-57-59-72(95)87-66(67(92)58-56-54-52-50-48-46-44-42-40-38-27-25-23-21-19-17-15-13-11-9-7-5-2)64-103-82-77(99)76(98)79(71(63-90)105-82)106-83-78(100)81(75(97)70(62-89)104-83)108-85(84(101)102)60-68(93)73(86-65(3)91)80(107-85)74(96)69(94)61-88/h29-30,66-71,73-83,88-90,92-94,96-100H,4-28,31-64H2,1-3H3,(H,86,91)(H,87,95)(H,101,102)/b30-29-. The highest BCUT2D eigenvalue weighted by atomic mass is 16.8. The van der Waals surface area contributed by atoms with Crippen LogP contribution in [0.5, 0.6) is 0 Å². The first kappa shape index (κ1) is 99.7. The maximum Gasteiger partial charge on any atom is 0.364 e. The van der Waals surface area contributed by atoms with E-state index in [2.05, 4.69) is 36.6 Å². The van der Waals surface area contributed by atoms with E-state index in [4.69, 9.17) is 28.4 Å². The van der Waals surface area contributed by atoms with E-state index in [1.165, 1.54) is 270 Å². The molecule has 0 radical (unpaired) electrons. The second kappa shape index (κ2) is 63.7. The summed E-state index contributed by atoms with van der Waals surface area (Å²) in [6.45, 7) is 2.28. The third-order valence-corrected chi connectivity index (χ3v) is 22.5. The van der Waals surface area contributed by atoms with Crippen molar-refractivity contribution in [1.29, 1.82) is 0 Å². The number of allylic oxidation sites excluding steroid dienone is 2. The molecule has 0 saturated carbocycles. The summed E-state index contributed by atoms with van der Waals surface area (Å²) in [7, 11) is 0. The molecule has 0 aromatic rings. The highest BCUT2D eigenvalue weighted by Crippen LogP contribution is 2.39. The van der Waals surface area contributed by atoms with Gasteiger partial charge >= 0.3 is 5.97 Å². The maximum atomic E-state index is 13.6. The molecule has 3 aliphatic rings. The summed E-state index contributed by atoms with van der Waals surface area (Å²) < 4.78 is 35.0. The van der Waals surface area contributed by atoms with E-state index in [1.54, 1.807) is 0 Å². The second-order valence-corrected chi connectivity index (χ2v) is 32.1. The molecule has 0 aromatic heterocycles. The van der Waals surface area contributed by atoms with Crippen molar-refractivity contribution in [3.63, 3.8) is 0 Å². The predicted octanol–water partition coefficient (Wildman–Crippen LogP) is 13.3. The Kier molecular flexibility index (Phi) is 58.8. The minimum Gasteiger partial charge on any atom is -0.477 e. The molecule has 3 saturated heterocycles. The monoisotopic (exact) mass is 1550 g/mol. The molecule has 23 heteroatoms. The van der Waals surface area contributed by atoms with Crippen LogP contribution in [0.4, 0.5) is 0 Å². The van der Waals surface area contributed by atoms with Gasteiger partial charge in [0.15, 0.2) is 12.6 Å². The lowest BCUT2D eigenvalue weighted by molar-refractivity contribution is -0.386. The van der Waals surface area contributed by atoms with E-state index >= 15 is 0 Å². The number of carboxylic acid groups (broad SMARTS) is 1. The van der Waals surface area contributed by atoms with Crippen LogP contribution >= 0.6 is 0 Å². The van der Waals surface area contributed by atoms with Gasteiger partial charge in [-0.25, -0.2) is 4.79 Å². The molecule has 108 heavy (non-hydrogen) atoms. The van der Waals surface area contributed by atoms with Gasteiger partial charge < -0.3 is 100 Å². The molecule has 3 rings (SSSR count). The van der Waals surface area contributed by atoms with Crippen LogP contribution in [-0.4, -0.2) is 215 Å². The number of hydrogen-bond donors (Lipinski definition) is 14. The van der Waals surface area contributed by atoms with E-state index in [-0.39, 0.29) is 18.9 Å². The molecule has 2 amide bonds. The number of aliphatic hydroxyl groups is 11. The van der Waals surface area contributed by atoms with E-state index in [0.717, 1.165) is 58.3 Å². The second-order valence-electron chi connectivity index (χ2n) is 32.1. The minimum atomic E-state index is -3.08. The Bertz CT molecular complexity index is 2190. The maximum absolute atomic E-state index is 13.6. The van der Waals surface area contributed by atoms with Gasteiger partial charge in [0.2, 0.25) is 11.8 Å². The summed E-state index contributed by atoms with van der Waals surface area (Å²) in [5.41, 5.74) is 0. The average Bonchev–Trinajstić information content (AvgIpc) is 0.754. The minimum absolute atomic E-state index is 0.227. The molecule has 636 valence electrons. The first-order valence-corrected chi connectivity index (χ1v) is 44.0. The van der Waals surface area contributed by atoms with Crippen LogP contribution in [0.15, 0.2) is 12.2 Å². The molecule has 18 atom stereocenters. The SMILES string of the molecule is CCCCCCCCCCCCCC/C=C\CCCCCCCCCCCCCCCCCCC(=O)NC(COC1OC(CO)C(OC2OC(CO)C(O)C(OC3(C(=O)O)CC(O)C(NC(C)=O)C(C(O)C(O)CO)O3)C2O)C(O)C1O)C(O)CCCCCCCCCCCCCCCCCCCCCCCC. The number of aliphatic hydroxyl groups excluding tert-OH is 11. The number of aliphatic carboxylic acids is 1. The van der Waals surface area contributed by atoms with Crippen molar-refractivity contribution < 1.29 is 104 Å². The van der Waals surface area contributed by atoms with Gasteiger partial charge in [0.25, 0.3) is 5.79 Å². The molecule has 14 N–H and O–H groups in total. The number of ether oxygens (including phenoxy) is 6. The Labute approximate surface area is 651 Å². The highest BCUT2D eigenvalue weighted by Gasteiger charge is 2.60. The smallest absolute Gasteiger partial charge is 0.364 e. The van der Waals surface area contributed by atoms with Crippen molar-refractivity contribution in [2.75, 3.05) is 26.4 Å². The van der Waals surface area contributed by atoms with Gasteiger partial charge in [0, 0.05) is 19.8 Å². The average molecular weight is 1550 g/mol. The molecule has 0 bridgehead atoms. The molecule has 3 heterocycles. The van der Waals surface area contributed by atoms with E-state index in [1.807, 2.05) is 0 Å². The van der Waals surface area contributed by atoms with Gasteiger partial charge in [-0.2, -0.15) is 0 Å². The van der Waals surface area contributed by atoms with Crippen molar-refractivity contribution >= 4 is 17.8 Å². The molecular formula is C85H160N2O21. The van der Waals surface area contributed by atoms with Gasteiger partial charge in [0.05, 0.1) is 50.7 Å². The Morgan fingerprint density at radius 2 is 0.861 bits per heavy atom. The lowest BCUT2D eigenvalue weighted by Crippen LogP contribution is -2.70. The predicted molar refractivity (Wildman–Crippen MR) is 422 cm³/mol. The van der Waals surface area contributed by atoms with Gasteiger partial charge in [-0.15, -0.1) is 0 Å². The first-order valence-electron chi connectivity index (χ1n) is 44.0. The third kappa shape index (κ3) is 42.7. The molecule has 3 fully saturated rings. The Hall–Kier alpha value is -2.53. The van der Waals surface area contributed by atoms with Crippen molar-refractivity contribution in [2.45, 2.75) is 484 Å². The zero-order valence-electron chi connectivity index (χ0n) is 67.7. The van der Waals surface area contributed by atoms with Crippen LogP contribution < -0.4 is 10.6 Å². The fraction of sp³-hybridized carbons (Fsp3) is 0.941. The van der Waals surface area contributed by atoms with Crippen LogP contribution in [-0.2, 0) is 42.8 Å². The van der Waals surface area contributed by atoms with Crippen molar-refractivity contribution in [2.24, 2.45) is 0 Å². The normalized spacial score (nSPS) is 25.9. The number of hydrogen-bond acceptors (Lipinski definition) is 20. The van der Waals surface area contributed by atoms with Crippen molar-refractivity contribution in [3.8, 4) is 0 Å². The van der Waals surface area contributed by atoms with Gasteiger partial charge in [0.1, 0.15) is 67.1 Å². The molecular weight excluding hydrogens is 1380 g/mol. The summed E-state index contributed by atoms with van der Waals surface area (Å²) in [5.74, 6) is -6.09. The first-order chi connectivity index (χ1) is 52.4. The van der Waals surface area contributed by atoms with Gasteiger partial charge in [-0.1, -0.05) is 328 Å². The fourth-order valence-electron chi connectivity index (χ4n) is 15.5. The summed E-state index contributed by atoms with van der Waals surface area (Å²) in [6, 6.07) is -2.53. The van der Waals surface area contributed by atoms with E-state index in [9.17, 15) is 75.7 Å². The third-order valence-electron chi connectivity index (χ3n) is 22.5. The van der Waals surface area contributed by atoms with Crippen molar-refractivity contribution in [3.05, 3.63) is 12.2 Å². The summed E-state index contributed by atoms with van der Waals surface area (Å²) in [5, 5.41) is 137. The van der Waals surface area contributed by atoms with Crippen LogP contribution in [0.25, 0.3) is 0 Å². The van der Waals surface area contributed by atoms with Gasteiger partial charge in [-0.3, -0.25) is 9.59 Å². The molecule has 18 unspecified atom stereocenters. The van der Waals surface area contributed by atoms with Crippen LogP contribution in [0.2, 0.25) is 0 Å². The number of unbranched alkanes of at least 4 members (excludes halogenated alkanes) is 49. The topological polar surface area (TPSA) is 373 Å². The Balaban J connectivity index is 1.45. The highest BCUT2D eigenvalue weighted by molar-refractivity contribution is 5.77. The molecule has 23 nitrogen and oxygen atoms in total. The number of rotatable bonds is 71. The lowest BCUT2D eigenvalue weighted by atomic mass is 9.88. The van der Waals surface area contributed by atoms with Crippen LogP contribution in [0, 0.1) is 0 Å². The lowest BCUT2D eigenvalue weighted by Gasteiger charge is -2.50. The summed E-state index contributed by atoms with van der Waals surface area (Å²) >= 11 is 0. The van der Waals surface area contributed by atoms with Crippen LogP contribution in [0.3, 0.4) is 0 Å². The number of carbonyl (C=O) groups excluding carboxylic acids is 2. The Morgan fingerprint density at radius 1 is 0.472 bits per heavy atom. The zero-order chi connectivity index (χ0) is 78.8. The number of carboxylic acids is 1. The summed E-state index contributed by atoms with van der Waals surface area (Å²) in [4.78, 5) is 38.8. The van der Waals surface area contributed by atoms with Gasteiger partial charge in [-0.05, 0) is 38.5 Å².